The maximum Gasteiger partial charge on any atom is 0.192 e. The van der Waals surface area contributed by atoms with Gasteiger partial charge in [-0.15, -0.1) is 0 Å². The van der Waals surface area contributed by atoms with Gasteiger partial charge < -0.3 is 9.53 Å². The zero-order valence-electron chi connectivity index (χ0n) is 22.6. The standard InChI is InChI=1S/C29H49FO2Si/c1-9-19-16-24(25(30)18-31)29(6)15-13-23-22(26(19)29)11-10-20-17-21(12-14-28(20,23)5)32-33(7,8)27(2,3)4/h10,19,21-23,26,31H,9,11-18H2,1-8H3/t19-,21-,22+,23-,26-,28-,29+/m0/s1. The second kappa shape index (κ2) is 8.59. The number of fused-ring (bicyclic) bond motifs is 5. The highest BCUT2D eigenvalue weighted by atomic mass is 28.4. The average Bonchev–Trinajstić information content (AvgIpc) is 3.05. The van der Waals surface area contributed by atoms with E-state index in [-0.39, 0.29) is 21.7 Å². The normalized spacial score (nSPS) is 42.8. The first-order valence-corrected chi connectivity index (χ1v) is 16.6. The van der Waals surface area contributed by atoms with Crippen molar-refractivity contribution in [3.8, 4) is 0 Å². The molecule has 4 rings (SSSR count). The van der Waals surface area contributed by atoms with Crippen molar-refractivity contribution < 1.29 is 13.9 Å². The average molecular weight is 477 g/mol. The molecule has 4 heteroatoms. The van der Waals surface area contributed by atoms with Crippen LogP contribution in [0.15, 0.2) is 23.0 Å². The van der Waals surface area contributed by atoms with Crippen molar-refractivity contribution in [1.29, 1.82) is 0 Å². The van der Waals surface area contributed by atoms with E-state index in [1.165, 1.54) is 19.3 Å². The van der Waals surface area contributed by atoms with Gasteiger partial charge in [0.25, 0.3) is 0 Å². The molecule has 188 valence electrons. The van der Waals surface area contributed by atoms with Crippen LogP contribution in [0, 0.1) is 34.5 Å². The molecule has 0 radical (unpaired) electrons. The third-order valence-electron chi connectivity index (χ3n) is 11.2. The highest BCUT2D eigenvalue weighted by Crippen LogP contribution is 2.68. The van der Waals surface area contributed by atoms with Crippen LogP contribution < -0.4 is 0 Å². The van der Waals surface area contributed by atoms with Crippen LogP contribution in [0.2, 0.25) is 18.1 Å². The second-order valence-corrected chi connectivity index (χ2v) is 18.5. The summed E-state index contributed by atoms with van der Waals surface area (Å²) < 4.78 is 21.7. The summed E-state index contributed by atoms with van der Waals surface area (Å²) in [5, 5.41) is 9.84. The fraction of sp³-hybridized carbons (Fsp3) is 0.862. The van der Waals surface area contributed by atoms with Crippen LogP contribution in [0.25, 0.3) is 0 Å². The molecule has 0 bridgehead atoms. The number of allylic oxidation sites excluding steroid dienone is 2. The third-order valence-corrected chi connectivity index (χ3v) is 15.8. The van der Waals surface area contributed by atoms with Crippen molar-refractivity contribution in [3.05, 3.63) is 23.0 Å². The fourth-order valence-electron chi connectivity index (χ4n) is 8.33. The van der Waals surface area contributed by atoms with E-state index in [4.69, 9.17) is 4.43 Å². The molecule has 0 aliphatic heterocycles. The van der Waals surface area contributed by atoms with Crippen LogP contribution >= 0.6 is 0 Å². The molecule has 7 atom stereocenters. The van der Waals surface area contributed by atoms with Gasteiger partial charge in [0.15, 0.2) is 8.32 Å². The Kier molecular flexibility index (Phi) is 6.67. The number of aliphatic hydroxyl groups excluding tert-OH is 1. The lowest BCUT2D eigenvalue weighted by Crippen LogP contribution is -2.52. The lowest BCUT2D eigenvalue weighted by atomic mass is 9.47. The molecule has 3 saturated carbocycles. The van der Waals surface area contributed by atoms with E-state index in [0.29, 0.717) is 29.8 Å². The van der Waals surface area contributed by atoms with Gasteiger partial charge in [0, 0.05) is 6.10 Å². The van der Waals surface area contributed by atoms with Crippen molar-refractivity contribution in [2.24, 2.45) is 34.5 Å². The van der Waals surface area contributed by atoms with Crippen LogP contribution in [0.3, 0.4) is 0 Å². The molecule has 0 aromatic heterocycles. The zero-order valence-corrected chi connectivity index (χ0v) is 23.6. The molecule has 4 aliphatic carbocycles. The van der Waals surface area contributed by atoms with Gasteiger partial charge in [-0.1, -0.05) is 59.6 Å². The van der Waals surface area contributed by atoms with Crippen LogP contribution in [0.4, 0.5) is 4.39 Å². The molecule has 0 spiro atoms. The van der Waals surface area contributed by atoms with Gasteiger partial charge in [0.2, 0.25) is 0 Å². The molecular formula is C29H49FO2Si. The predicted octanol–water partition coefficient (Wildman–Crippen LogP) is 8.19. The smallest absolute Gasteiger partial charge is 0.192 e. The Morgan fingerprint density at radius 1 is 1.15 bits per heavy atom. The van der Waals surface area contributed by atoms with E-state index in [2.05, 4.69) is 60.7 Å². The summed E-state index contributed by atoms with van der Waals surface area (Å²) in [5.74, 6) is 2.20. The molecule has 0 heterocycles. The number of rotatable bonds is 4. The van der Waals surface area contributed by atoms with Gasteiger partial charge in [-0.05, 0) is 103 Å². The fourth-order valence-corrected chi connectivity index (χ4v) is 9.72. The van der Waals surface area contributed by atoms with Crippen LogP contribution in [-0.2, 0) is 4.43 Å². The number of hydrogen-bond donors (Lipinski definition) is 1. The second-order valence-electron chi connectivity index (χ2n) is 13.8. The van der Waals surface area contributed by atoms with Gasteiger partial charge in [-0.25, -0.2) is 4.39 Å². The van der Waals surface area contributed by atoms with E-state index >= 15 is 0 Å². The van der Waals surface area contributed by atoms with Gasteiger partial charge in [0.1, 0.15) is 5.83 Å². The molecule has 0 saturated heterocycles. The summed E-state index contributed by atoms with van der Waals surface area (Å²) >= 11 is 0. The van der Waals surface area contributed by atoms with Crippen molar-refractivity contribution >= 4 is 8.32 Å². The number of halogens is 1. The van der Waals surface area contributed by atoms with Crippen molar-refractivity contribution in [3.63, 3.8) is 0 Å². The first-order valence-electron chi connectivity index (χ1n) is 13.6. The Morgan fingerprint density at radius 2 is 1.82 bits per heavy atom. The molecule has 0 unspecified atom stereocenters. The highest BCUT2D eigenvalue weighted by Gasteiger charge is 2.60. The molecule has 0 amide bonds. The van der Waals surface area contributed by atoms with Gasteiger partial charge >= 0.3 is 0 Å². The molecule has 3 fully saturated rings. The van der Waals surface area contributed by atoms with Crippen LogP contribution in [0.5, 0.6) is 0 Å². The van der Waals surface area contributed by atoms with Crippen molar-refractivity contribution in [2.45, 2.75) is 117 Å². The predicted molar refractivity (Wildman–Crippen MR) is 138 cm³/mol. The molecule has 1 N–H and O–H groups in total. The summed E-state index contributed by atoms with van der Waals surface area (Å²) in [5.41, 5.74) is 2.81. The molecule has 33 heavy (non-hydrogen) atoms. The largest absolute Gasteiger partial charge is 0.414 e. The van der Waals surface area contributed by atoms with E-state index in [0.717, 1.165) is 37.7 Å². The Labute approximate surface area is 203 Å². The van der Waals surface area contributed by atoms with E-state index < -0.39 is 14.9 Å². The van der Waals surface area contributed by atoms with Crippen molar-refractivity contribution in [1.82, 2.24) is 0 Å². The Bertz CT molecular complexity index is 824. The van der Waals surface area contributed by atoms with Gasteiger partial charge in [-0.2, -0.15) is 0 Å². The van der Waals surface area contributed by atoms with Gasteiger partial charge in [0.05, 0.1) is 6.61 Å². The molecular weight excluding hydrogens is 427 g/mol. The summed E-state index contributed by atoms with van der Waals surface area (Å²) in [4.78, 5) is 0. The Hall–Kier alpha value is -0.453. The monoisotopic (exact) mass is 476 g/mol. The number of hydrogen-bond acceptors (Lipinski definition) is 2. The van der Waals surface area contributed by atoms with E-state index in [1.54, 1.807) is 5.57 Å². The van der Waals surface area contributed by atoms with E-state index in [1.807, 2.05) is 0 Å². The first kappa shape index (κ1) is 25.6. The molecule has 0 aromatic carbocycles. The Balaban J connectivity index is 1.60. The van der Waals surface area contributed by atoms with E-state index in [9.17, 15) is 9.50 Å². The molecule has 2 nitrogen and oxygen atoms in total. The minimum atomic E-state index is -1.76. The maximum atomic E-state index is 14.8. The quantitative estimate of drug-likeness (QED) is 0.327. The summed E-state index contributed by atoms with van der Waals surface area (Å²) in [6, 6.07) is 0. The van der Waals surface area contributed by atoms with Crippen molar-refractivity contribution in [2.75, 3.05) is 6.61 Å². The van der Waals surface area contributed by atoms with Crippen LogP contribution in [0.1, 0.15) is 92.9 Å². The minimum Gasteiger partial charge on any atom is -0.414 e. The summed E-state index contributed by atoms with van der Waals surface area (Å²) in [6.45, 7) is 18.5. The maximum absolute atomic E-state index is 14.8. The number of aliphatic hydroxyl groups is 1. The zero-order chi connectivity index (χ0) is 24.4. The first-order chi connectivity index (χ1) is 15.3. The molecule has 4 aliphatic rings. The summed E-state index contributed by atoms with van der Waals surface area (Å²) in [6.07, 6.45) is 11.8. The molecule has 0 aromatic rings. The minimum absolute atomic E-state index is 0.0704. The van der Waals surface area contributed by atoms with Gasteiger partial charge in [-0.3, -0.25) is 0 Å². The lowest BCUT2D eigenvalue weighted by Gasteiger charge is -2.58. The van der Waals surface area contributed by atoms with Crippen LogP contribution in [-0.4, -0.2) is 26.1 Å². The summed E-state index contributed by atoms with van der Waals surface area (Å²) in [7, 11) is -1.76. The lowest BCUT2D eigenvalue weighted by molar-refractivity contribution is -0.0411. The topological polar surface area (TPSA) is 29.5 Å². The SMILES string of the molecule is CC[C@H]1CC(=C(F)CO)[C@@]2(C)CC[C@H]3[C@@H](CC=C4C[C@@H](O[Si](C)(C)C(C)(C)C)CC[C@@]43C)[C@H]12. The third kappa shape index (κ3) is 4.04. The highest BCUT2D eigenvalue weighted by molar-refractivity contribution is 6.74. The Morgan fingerprint density at radius 3 is 2.42 bits per heavy atom.